The molecule has 0 aromatic carbocycles. The standard InChI is InChI=1S/C12H22N2/c1-9(2)11-6-7-14(10(3)4)12(8-11)13-5/h9-12H,6-8H2,1-4H3. The van der Waals surface area contributed by atoms with E-state index in [4.69, 9.17) is 6.57 Å². The molecule has 0 bridgehead atoms. The Hall–Kier alpha value is -0.550. The minimum absolute atomic E-state index is 0.135. The van der Waals surface area contributed by atoms with E-state index < -0.39 is 0 Å². The Bertz CT molecular complexity index is 215. The second-order valence-corrected chi connectivity index (χ2v) is 4.97. The normalized spacial score (nSPS) is 29.5. The molecule has 1 aliphatic heterocycles. The van der Waals surface area contributed by atoms with Crippen LogP contribution in [0.15, 0.2) is 0 Å². The third kappa shape index (κ3) is 2.48. The maximum absolute atomic E-state index is 7.24. The fourth-order valence-electron chi connectivity index (χ4n) is 2.32. The molecule has 1 saturated heterocycles. The van der Waals surface area contributed by atoms with Gasteiger partial charge in [-0.3, -0.25) is 4.85 Å². The van der Waals surface area contributed by atoms with E-state index in [1.165, 1.54) is 6.42 Å². The first-order valence-electron chi connectivity index (χ1n) is 5.68. The van der Waals surface area contributed by atoms with Crippen LogP contribution in [0.25, 0.3) is 4.85 Å². The van der Waals surface area contributed by atoms with Crippen LogP contribution in [-0.4, -0.2) is 23.7 Å². The van der Waals surface area contributed by atoms with Crippen LogP contribution in [0.1, 0.15) is 40.5 Å². The second kappa shape index (κ2) is 4.79. The van der Waals surface area contributed by atoms with Crippen LogP contribution in [0, 0.1) is 18.4 Å². The van der Waals surface area contributed by atoms with Crippen LogP contribution in [0.3, 0.4) is 0 Å². The monoisotopic (exact) mass is 194 g/mol. The topological polar surface area (TPSA) is 7.60 Å². The van der Waals surface area contributed by atoms with Crippen LogP contribution < -0.4 is 0 Å². The molecule has 0 N–H and O–H groups in total. The van der Waals surface area contributed by atoms with Crippen molar-refractivity contribution in [3.63, 3.8) is 0 Å². The van der Waals surface area contributed by atoms with E-state index >= 15 is 0 Å². The molecule has 0 spiro atoms. The molecule has 14 heavy (non-hydrogen) atoms. The molecule has 2 heteroatoms. The Labute approximate surface area is 88.1 Å². The van der Waals surface area contributed by atoms with E-state index in [-0.39, 0.29) is 6.17 Å². The van der Waals surface area contributed by atoms with Gasteiger partial charge in [-0.25, -0.2) is 11.5 Å². The summed E-state index contributed by atoms with van der Waals surface area (Å²) in [5.74, 6) is 1.48. The molecule has 0 amide bonds. The predicted molar refractivity (Wildman–Crippen MR) is 59.8 cm³/mol. The van der Waals surface area contributed by atoms with Gasteiger partial charge in [0.25, 0.3) is 6.17 Å². The van der Waals surface area contributed by atoms with Gasteiger partial charge < -0.3 is 0 Å². The van der Waals surface area contributed by atoms with Gasteiger partial charge in [-0.2, -0.15) is 0 Å². The van der Waals surface area contributed by atoms with Crippen molar-refractivity contribution >= 4 is 0 Å². The zero-order chi connectivity index (χ0) is 10.7. The van der Waals surface area contributed by atoms with Crippen molar-refractivity contribution in [1.29, 1.82) is 0 Å². The third-order valence-corrected chi connectivity index (χ3v) is 3.41. The summed E-state index contributed by atoms with van der Waals surface area (Å²) in [7, 11) is 0. The fourth-order valence-corrected chi connectivity index (χ4v) is 2.32. The van der Waals surface area contributed by atoms with Crippen molar-refractivity contribution in [2.75, 3.05) is 6.54 Å². The molecule has 0 aromatic heterocycles. The Morgan fingerprint density at radius 1 is 1.29 bits per heavy atom. The highest BCUT2D eigenvalue weighted by molar-refractivity contribution is 4.89. The highest BCUT2D eigenvalue weighted by Crippen LogP contribution is 2.30. The van der Waals surface area contributed by atoms with Gasteiger partial charge >= 0.3 is 0 Å². The molecule has 0 aromatic rings. The van der Waals surface area contributed by atoms with Crippen LogP contribution in [0.2, 0.25) is 0 Å². The molecule has 1 aliphatic rings. The third-order valence-electron chi connectivity index (χ3n) is 3.41. The Kier molecular flexibility index (Phi) is 3.95. The molecule has 1 rings (SSSR count). The zero-order valence-corrected chi connectivity index (χ0v) is 9.83. The summed E-state index contributed by atoms with van der Waals surface area (Å²) in [4.78, 5) is 6.10. The molecular weight excluding hydrogens is 172 g/mol. The molecule has 1 fully saturated rings. The van der Waals surface area contributed by atoms with E-state index in [0.717, 1.165) is 24.8 Å². The highest BCUT2D eigenvalue weighted by atomic mass is 15.3. The second-order valence-electron chi connectivity index (χ2n) is 4.97. The lowest BCUT2D eigenvalue weighted by Crippen LogP contribution is -2.45. The molecule has 80 valence electrons. The summed E-state index contributed by atoms with van der Waals surface area (Å²) in [6.45, 7) is 17.3. The Balaban J connectivity index is 2.60. The summed E-state index contributed by atoms with van der Waals surface area (Å²) in [5, 5.41) is 0. The molecule has 0 aliphatic carbocycles. The maximum Gasteiger partial charge on any atom is 0.280 e. The van der Waals surface area contributed by atoms with Gasteiger partial charge in [0, 0.05) is 19.0 Å². The Morgan fingerprint density at radius 2 is 1.93 bits per heavy atom. The number of piperidine rings is 1. The average molecular weight is 194 g/mol. The highest BCUT2D eigenvalue weighted by Gasteiger charge is 2.34. The summed E-state index contributed by atoms with van der Waals surface area (Å²) < 4.78 is 0. The molecule has 2 nitrogen and oxygen atoms in total. The first-order valence-corrected chi connectivity index (χ1v) is 5.68. The molecule has 0 saturated carbocycles. The van der Waals surface area contributed by atoms with Gasteiger partial charge in [0.15, 0.2) is 0 Å². The lowest BCUT2D eigenvalue weighted by atomic mass is 9.85. The summed E-state index contributed by atoms with van der Waals surface area (Å²) in [6.07, 6.45) is 2.47. The van der Waals surface area contributed by atoms with Crippen molar-refractivity contribution in [3.8, 4) is 0 Å². The minimum atomic E-state index is 0.135. The van der Waals surface area contributed by atoms with Crippen molar-refractivity contribution in [2.45, 2.75) is 52.7 Å². The molecule has 2 atom stereocenters. The summed E-state index contributed by atoms with van der Waals surface area (Å²) in [6, 6.07) is 0.516. The van der Waals surface area contributed by atoms with Crippen LogP contribution in [0.5, 0.6) is 0 Å². The first kappa shape index (κ1) is 11.5. The van der Waals surface area contributed by atoms with Gasteiger partial charge in [0.1, 0.15) is 0 Å². The van der Waals surface area contributed by atoms with Crippen LogP contribution in [0.4, 0.5) is 0 Å². The number of hydrogen-bond donors (Lipinski definition) is 0. The molecule has 0 radical (unpaired) electrons. The van der Waals surface area contributed by atoms with Crippen molar-refractivity contribution in [2.24, 2.45) is 11.8 Å². The first-order chi connectivity index (χ1) is 6.56. The summed E-state index contributed by atoms with van der Waals surface area (Å²) in [5.41, 5.74) is 0. The van der Waals surface area contributed by atoms with Gasteiger partial charge in [-0.1, -0.05) is 13.8 Å². The van der Waals surface area contributed by atoms with Gasteiger partial charge in [-0.05, 0) is 32.1 Å². The van der Waals surface area contributed by atoms with Crippen LogP contribution >= 0.6 is 0 Å². The number of nitrogens with zero attached hydrogens (tertiary/aromatic N) is 2. The van der Waals surface area contributed by atoms with E-state index in [1.807, 2.05) is 0 Å². The Morgan fingerprint density at radius 3 is 2.36 bits per heavy atom. The van der Waals surface area contributed by atoms with Gasteiger partial charge in [0.05, 0.1) is 0 Å². The largest absolute Gasteiger partial charge is 0.296 e. The van der Waals surface area contributed by atoms with Crippen molar-refractivity contribution in [1.82, 2.24) is 4.90 Å². The van der Waals surface area contributed by atoms with Crippen LogP contribution in [-0.2, 0) is 0 Å². The van der Waals surface area contributed by atoms with E-state index in [1.54, 1.807) is 0 Å². The van der Waals surface area contributed by atoms with E-state index in [2.05, 4.69) is 37.4 Å². The zero-order valence-electron chi connectivity index (χ0n) is 9.83. The van der Waals surface area contributed by atoms with Crippen molar-refractivity contribution in [3.05, 3.63) is 11.4 Å². The number of rotatable bonds is 2. The number of hydrogen-bond acceptors (Lipinski definition) is 1. The lowest BCUT2D eigenvalue weighted by Gasteiger charge is -2.36. The van der Waals surface area contributed by atoms with E-state index in [9.17, 15) is 0 Å². The quantitative estimate of drug-likeness (QED) is 0.613. The minimum Gasteiger partial charge on any atom is -0.296 e. The summed E-state index contributed by atoms with van der Waals surface area (Å²) >= 11 is 0. The van der Waals surface area contributed by atoms with E-state index in [0.29, 0.717) is 6.04 Å². The predicted octanol–water partition coefficient (Wildman–Crippen LogP) is 3.01. The van der Waals surface area contributed by atoms with Gasteiger partial charge in [0.2, 0.25) is 0 Å². The van der Waals surface area contributed by atoms with Crippen molar-refractivity contribution < 1.29 is 0 Å². The molecule has 1 heterocycles. The smallest absolute Gasteiger partial charge is 0.280 e. The lowest BCUT2D eigenvalue weighted by molar-refractivity contribution is 0.0897. The maximum atomic E-state index is 7.24. The molecular formula is C12H22N2. The number of likely N-dealkylation sites (tertiary alicyclic amines) is 1. The molecule has 2 unspecified atom stereocenters. The SMILES string of the molecule is [C-]#[N+]C1CC(C(C)C)CCN1C(C)C. The average Bonchev–Trinajstić information content (AvgIpc) is 2.16. The van der Waals surface area contributed by atoms with Gasteiger partial charge in [-0.15, -0.1) is 0 Å². The fraction of sp³-hybridized carbons (Fsp3) is 0.917.